The fourth-order valence-corrected chi connectivity index (χ4v) is 3.96. The van der Waals surface area contributed by atoms with Crippen molar-refractivity contribution in [3.63, 3.8) is 0 Å². The van der Waals surface area contributed by atoms with Crippen LogP contribution in [0.3, 0.4) is 0 Å². The average Bonchev–Trinajstić information content (AvgIpc) is 3.03. The molecule has 3 rings (SSSR count). The van der Waals surface area contributed by atoms with Gasteiger partial charge in [0, 0.05) is 5.02 Å². The Bertz CT molecular complexity index is 1040. The summed E-state index contributed by atoms with van der Waals surface area (Å²) in [7, 11) is 0. The second-order valence-corrected chi connectivity index (χ2v) is 8.56. The predicted molar refractivity (Wildman–Crippen MR) is 116 cm³/mol. The molecule has 3 aromatic rings. The molecule has 0 fully saturated rings. The van der Waals surface area contributed by atoms with Crippen LogP contribution < -0.4 is 15.9 Å². The van der Waals surface area contributed by atoms with Crippen molar-refractivity contribution < 1.29 is 13.9 Å². The van der Waals surface area contributed by atoms with Crippen molar-refractivity contribution in [2.75, 3.05) is 11.2 Å². The standard InChI is InChI=1S/C18H15Cl3FN5O2S/c1-9(17(28)24-16-13(20)6-10(19)7-14(16)21)30-18-26-25-15(27(18)23)8-29-12-4-2-11(22)3-5-12/h2-7,9H,8,23H2,1H3,(H,24,28). The molecule has 0 radical (unpaired) electrons. The van der Waals surface area contributed by atoms with E-state index in [0.717, 1.165) is 11.8 Å². The zero-order valence-electron chi connectivity index (χ0n) is 15.4. The minimum absolute atomic E-state index is 0.0201. The molecule has 30 heavy (non-hydrogen) atoms. The summed E-state index contributed by atoms with van der Waals surface area (Å²) in [4.78, 5) is 12.5. The Labute approximate surface area is 190 Å². The van der Waals surface area contributed by atoms with Crippen molar-refractivity contribution >= 4 is 58.2 Å². The van der Waals surface area contributed by atoms with Crippen LogP contribution in [0.4, 0.5) is 10.1 Å². The topological polar surface area (TPSA) is 95.1 Å². The highest BCUT2D eigenvalue weighted by Crippen LogP contribution is 2.34. The molecule has 1 amide bonds. The van der Waals surface area contributed by atoms with E-state index >= 15 is 0 Å². The first-order valence-corrected chi connectivity index (χ1v) is 10.5. The summed E-state index contributed by atoms with van der Waals surface area (Å²) < 4.78 is 19.7. The number of carbonyl (C=O) groups excluding carboxylic acids is 1. The Balaban J connectivity index is 1.62. The van der Waals surface area contributed by atoms with Crippen LogP contribution in [-0.2, 0) is 11.4 Å². The van der Waals surface area contributed by atoms with Gasteiger partial charge in [0.15, 0.2) is 5.82 Å². The predicted octanol–water partition coefficient (Wildman–Crippen LogP) is 4.79. The van der Waals surface area contributed by atoms with Gasteiger partial charge in [0.1, 0.15) is 18.2 Å². The van der Waals surface area contributed by atoms with E-state index in [1.807, 2.05) is 0 Å². The number of amides is 1. The Morgan fingerprint density at radius 2 is 1.87 bits per heavy atom. The summed E-state index contributed by atoms with van der Waals surface area (Å²) in [6, 6.07) is 8.49. The zero-order valence-corrected chi connectivity index (χ0v) is 18.5. The molecule has 0 saturated heterocycles. The van der Waals surface area contributed by atoms with Gasteiger partial charge in [-0.05, 0) is 43.3 Å². The number of aromatic nitrogens is 3. The summed E-state index contributed by atoms with van der Waals surface area (Å²) in [5.41, 5.74) is 0.266. The molecule has 0 bridgehead atoms. The van der Waals surface area contributed by atoms with Crippen LogP contribution in [0.2, 0.25) is 15.1 Å². The Morgan fingerprint density at radius 3 is 2.50 bits per heavy atom. The van der Waals surface area contributed by atoms with Crippen LogP contribution in [0.25, 0.3) is 0 Å². The molecule has 7 nitrogen and oxygen atoms in total. The first-order chi connectivity index (χ1) is 14.2. The highest BCUT2D eigenvalue weighted by atomic mass is 35.5. The van der Waals surface area contributed by atoms with E-state index in [1.54, 1.807) is 6.92 Å². The van der Waals surface area contributed by atoms with E-state index in [2.05, 4.69) is 15.5 Å². The van der Waals surface area contributed by atoms with Crippen LogP contribution in [0.15, 0.2) is 41.6 Å². The number of thioether (sulfide) groups is 1. The van der Waals surface area contributed by atoms with Gasteiger partial charge in [0.05, 0.1) is 21.0 Å². The summed E-state index contributed by atoms with van der Waals surface area (Å²) >= 11 is 19.2. The van der Waals surface area contributed by atoms with E-state index in [1.165, 1.54) is 41.1 Å². The van der Waals surface area contributed by atoms with Gasteiger partial charge in [0.25, 0.3) is 0 Å². The lowest BCUT2D eigenvalue weighted by Gasteiger charge is -2.14. The number of anilines is 1. The number of nitrogens with two attached hydrogens (primary N) is 1. The summed E-state index contributed by atoms with van der Waals surface area (Å²) in [6.45, 7) is 1.69. The van der Waals surface area contributed by atoms with Crippen molar-refractivity contribution in [2.24, 2.45) is 0 Å². The highest BCUT2D eigenvalue weighted by molar-refractivity contribution is 8.00. The quantitative estimate of drug-likeness (QED) is 0.365. The van der Waals surface area contributed by atoms with Gasteiger partial charge >= 0.3 is 0 Å². The lowest BCUT2D eigenvalue weighted by atomic mass is 10.3. The number of ether oxygens (including phenoxy) is 1. The summed E-state index contributed by atoms with van der Waals surface area (Å²) in [5.74, 6) is 6.06. The second kappa shape index (κ2) is 9.74. The highest BCUT2D eigenvalue weighted by Gasteiger charge is 2.21. The number of carbonyl (C=O) groups is 1. The average molecular weight is 491 g/mol. The van der Waals surface area contributed by atoms with E-state index in [9.17, 15) is 9.18 Å². The monoisotopic (exact) mass is 489 g/mol. The number of nitrogens with one attached hydrogen (secondary N) is 1. The molecular formula is C18H15Cl3FN5O2S. The first-order valence-electron chi connectivity index (χ1n) is 8.44. The molecular weight excluding hydrogens is 476 g/mol. The van der Waals surface area contributed by atoms with Crippen molar-refractivity contribution in [3.05, 3.63) is 63.1 Å². The molecule has 0 aliphatic heterocycles. The number of rotatable bonds is 7. The van der Waals surface area contributed by atoms with Crippen molar-refractivity contribution in [1.82, 2.24) is 14.9 Å². The number of hydrogen-bond acceptors (Lipinski definition) is 6. The minimum atomic E-state index is -0.592. The lowest BCUT2D eigenvalue weighted by molar-refractivity contribution is -0.115. The molecule has 0 aliphatic carbocycles. The Kier molecular flexibility index (Phi) is 7.30. The maximum absolute atomic E-state index is 12.9. The van der Waals surface area contributed by atoms with E-state index in [4.69, 9.17) is 45.4 Å². The molecule has 12 heteroatoms. The molecule has 2 aromatic carbocycles. The van der Waals surface area contributed by atoms with Gasteiger partial charge in [-0.3, -0.25) is 4.79 Å². The van der Waals surface area contributed by atoms with Crippen LogP contribution in [0.1, 0.15) is 12.7 Å². The van der Waals surface area contributed by atoms with Crippen LogP contribution >= 0.6 is 46.6 Å². The Hall–Kier alpha value is -2.20. The molecule has 1 atom stereocenters. The van der Waals surface area contributed by atoms with Gasteiger partial charge in [-0.2, -0.15) is 0 Å². The maximum atomic E-state index is 12.9. The van der Waals surface area contributed by atoms with E-state index in [0.29, 0.717) is 21.8 Å². The van der Waals surface area contributed by atoms with Crippen molar-refractivity contribution in [2.45, 2.75) is 23.9 Å². The molecule has 0 saturated carbocycles. The number of nitrogens with zero attached hydrogens (tertiary/aromatic N) is 3. The van der Waals surface area contributed by atoms with Crippen LogP contribution in [0.5, 0.6) is 5.75 Å². The molecule has 1 heterocycles. The second-order valence-electron chi connectivity index (χ2n) is 6.01. The van der Waals surface area contributed by atoms with E-state index in [-0.39, 0.29) is 34.1 Å². The number of hydrogen-bond donors (Lipinski definition) is 2. The van der Waals surface area contributed by atoms with Crippen LogP contribution in [-0.4, -0.2) is 26.0 Å². The minimum Gasteiger partial charge on any atom is -0.486 e. The normalized spacial score (nSPS) is 11.9. The van der Waals surface area contributed by atoms with E-state index < -0.39 is 5.25 Å². The third-order valence-corrected chi connectivity index (χ3v) is 5.69. The smallest absolute Gasteiger partial charge is 0.237 e. The Morgan fingerprint density at radius 1 is 1.23 bits per heavy atom. The molecule has 0 aliphatic rings. The van der Waals surface area contributed by atoms with Gasteiger partial charge in [0.2, 0.25) is 11.1 Å². The summed E-state index contributed by atoms with van der Waals surface area (Å²) in [6.07, 6.45) is 0. The van der Waals surface area contributed by atoms with Gasteiger partial charge in [-0.1, -0.05) is 46.6 Å². The molecule has 0 spiro atoms. The van der Waals surface area contributed by atoms with Gasteiger partial charge in [-0.25, -0.2) is 9.07 Å². The van der Waals surface area contributed by atoms with Crippen molar-refractivity contribution in [3.8, 4) is 5.75 Å². The number of benzene rings is 2. The molecule has 3 N–H and O–H groups in total. The first kappa shape index (κ1) is 22.5. The fraction of sp³-hybridized carbons (Fsp3) is 0.167. The third-order valence-electron chi connectivity index (χ3n) is 3.82. The van der Waals surface area contributed by atoms with Gasteiger partial charge in [-0.15, -0.1) is 10.2 Å². The summed E-state index contributed by atoms with van der Waals surface area (Å²) in [5, 5.41) is 11.1. The van der Waals surface area contributed by atoms with Crippen molar-refractivity contribution in [1.29, 1.82) is 0 Å². The molecule has 158 valence electrons. The lowest BCUT2D eigenvalue weighted by Crippen LogP contribution is -2.24. The SMILES string of the molecule is CC(Sc1nnc(COc2ccc(F)cc2)n1N)C(=O)Nc1c(Cl)cc(Cl)cc1Cl. The maximum Gasteiger partial charge on any atom is 0.237 e. The zero-order chi connectivity index (χ0) is 21.8. The van der Waals surface area contributed by atoms with Gasteiger partial charge < -0.3 is 15.9 Å². The fourth-order valence-electron chi connectivity index (χ4n) is 2.26. The molecule has 1 aromatic heterocycles. The number of nitrogen functional groups attached to an aromatic ring is 1. The number of halogens is 4. The third kappa shape index (κ3) is 5.48. The largest absolute Gasteiger partial charge is 0.486 e. The van der Waals surface area contributed by atoms with Crippen LogP contribution in [0, 0.1) is 5.82 Å². The molecule has 1 unspecified atom stereocenters.